The fourth-order valence-corrected chi connectivity index (χ4v) is 1.52. The number of ether oxygens (including phenoxy) is 1. The molecule has 62 valence electrons. The Morgan fingerprint density at radius 1 is 1.75 bits per heavy atom. The number of H-pyrrole nitrogens is 1. The average Bonchev–Trinajstić information content (AvgIpc) is 2.62. The molecule has 0 aliphatic heterocycles. The molecule has 0 amide bonds. The van der Waals surface area contributed by atoms with Crippen molar-refractivity contribution in [3.63, 3.8) is 0 Å². The minimum absolute atomic E-state index is 0.314. The van der Waals surface area contributed by atoms with Crippen LogP contribution in [0.15, 0.2) is 5.51 Å². The van der Waals surface area contributed by atoms with Crippen LogP contribution in [0, 0.1) is 0 Å². The number of methoxy groups -OCH3 is 1. The molecule has 0 radical (unpaired) electrons. The number of carbonyl (C=O) groups is 1. The van der Waals surface area contributed by atoms with Crippen molar-refractivity contribution < 1.29 is 9.53 Å². The molecule has 12 heavy (non-hydrogen) atoms. The number of fused-ring (bicyclic) bond motifs is 1. The Labute approximate surface area is 71.4 Å². The van der Waals surface area contributed by atoms with Crippen LogP contribution in [0.4, 0.5) is 0 Å². The highest BCUT2D eigenvalue weighted by Gasteiger charge is 2.15. The smallest absolute Gasteiger partial charge is 0.358 e. The first-order chi connectivity index (χ1) is 5.83. The third-order valence-corrected chi connectivity index (χ3v) is 2.16. The third-order valence-electron chi connectivity index (χ3n) is 1.44. The molecule has 2 aromatic heterocycles. The maximum Gasteiger partial charge on any atom is 0.358 e. The second-order valence-corrected chi connectivity index (χ2v) is 2.93. The fourth-order valence-electron chi connectivity index (χ4n) is 0.895. The number of nitrogens with zero attached hydrogens (tertiary/aromatic N) is 2. The van der Waals surface area contributed by atoms with Gasteiger partial charge in [0.15, 0.2) is 10.5 Å². The Morgan fingerprint density at radius 2 is 2.58 bits per heavy atom. The zero-order valence-electron chi connectivity index (χ0n) is 6.20. The second kappa shape index (κ2) is 2.56. The quantitative estimate of drug-likeness (QED) is 0.664. The highest BCUT2D eigenvalue weighted by Crippen LogP contribution is 2.17. The van der Waals surface area contributed by atoms with E-state index in [9.17, 15) is 4.79 Å². The molecular weight excluding hydrogens is 178 g/mol. The predicted molar refractivity (Wildman–Crippen MR) is 43.1 cm³/mol. The minimum atomic E-state index is -0.441. The lowest BCUT2D eigenvalue weighted by molar-refractivity contribution is 0.0596. The van der Waals surface area contributed by atoms with Crippen LogP contribution in [0.3, 0.4) is 0 Å². The van der Waals surface area contributed by atoms with E-state index >= 15 is 0 Å². The SMILES string of the molecule is COC(=O)c1[nH]nc2scnc12. The van der Waals surface area contributed by atoms with Gasteiger partial charge in [-0.3, -0.25) is 5.10 Å². The Balaban J connectivity index is 2.61. The largest absolute Gasteiger partial charge is 0.464 e. The number of aromatic nitrogens is 3. The lowest BCUT2D eigenvalue weighted by Crippen LogP contribution is -2.02. The molecule has 2 heterocycles. The minimum Gasteiger partial charge on any atom is -0.464 e. The molecule has 6 heteroatoms. The Kier molecular flexibility index (Phi) is 1.54. The summed E-state index contributed by atoms with van der Waals surface area (Å²) in [7, 11) is 1.32. The number of aromatic amines is 1. The van der Waals surface area contributed by atoms with Gasteiger partial charge in [0, 0.05) is 0 Å². The third kappa shape index (κ3) is 0.884. The summed E-state index contributed by atoms with van der Waals surface area (Å²) in [6, 6.07) is 0. The highest BCUT2D eigenvalue weighted by molar-refractivity contribution is 7.16. The van der Waals surface area contributed by atoms with Gasteiger partial charge < -0.3 is 4.74 Å². The standard InChI is InChI=1S/C6H5N3O2S/c1-11-6(10)4-3-5(9-8-4)12-2-7-3/h2H,1H3,(H,8,9). The lowest BCUT2D eigenvalue weighted by atomic mass is 10.4. The van der Waals surface area contributed by atoms with Crippen molar-refractivity contribution in [3.05, 3.63) is 11.2 Å². The number of thiazole rings is 1. The van der Waals surface area contributed by atoms with Crippen molar-refractivity contribution in [3.8, 4) is 0 Å². The van der Waals surface area contributed by atoms with Crippen LogP contribution in [-0.2, 0) is 4.74 Å². The summed E-state index contributed by atoms with van der Waals surface area (Å²) in [4.78, 5) is 15.7. The molecule has 0 aliphatic carbocycles. The van der Waals surface area contributed by atoms with E-state index in [1.165, 1.54) is 18.4 Å². The Hall–Kier alpha value is -1.43. The van der Waals surface area contributed by atoms with Crippen LogP contribution in [0.5, 0.6) is 0 Å². The average molecular weight is 183 g/mol. The second-order valence-electron chi connectivity index (χ2n) is 2.10. The van der Waals surface area contributed by atoms with Gasteiger partial charge in [0.05, 0.1) is 12.6 Å². The van der Waals surface area contributed by atoms with Gasteiger partial charge in [0.25, 0.3) is 0 Å². The first-order valence-electron chi connectivity index (χ1n) is 3.19. The summed E-state index contributed by atoms with van der Waals surface area (Å²) in [6.45, 7) is 0. The molecule has 0 unspecified atom stereocenters. The summed E-state index contributed by atoms with van der Waals surface area (Å²) in [5.41, 5.74) is 2.53. The molecular formula is C6H5N3O2S. The first-order valence-corrected chi connectivity index (χ1v) is 4.06. The topological polar surface area (TPSA) is 67.9 Å². The number of hydrogen-bond acceptors (Lipinski definition) is 5. The van der Waals surface area contributed by atoms with E-state index in [1.807, 2.05) is 0 Å². The van der Waals surface area contributed by atoms with Crippen molar-refractivity contribution in [1.29, 1.82) is 0 Å². The molecule has 0 atom stereocenters. The number of carbonyl (C=O) groups excluding carboxylic acids is 1. The summed E-state index contributed by atoms with van der Waals surface area (Å²) in [6.07, 6.45) is 0. The molecule has 0 aliphatic rings. The van der Waals surface area contributed by atoms with E-state index in [0.717, 1.165) is 4.83 Å². The van der Waals surface area contributed by atoms with Crippen molar-refractivity contribution in [2.75, 3.05) is 7.11 Å². The molecule has 0 saturated carbocycles. The molecule has 2 rings (SSSR count). The molecule has 0 saturated heterocycles. The maximum absolute atomic E-state index is 11.1. The van der Waals surface area contributed by atoms with E-state index in [-0.39, 0.29) is 0 Å². The van der Waals surface area contributed by atoms with E-state index in [1.54, 1.807) is 5.51 Å². The molecule has 5 nitrogen and oxygen atoms in total. The monoisotopic (exact) mass is 183 g/mol. The molecule has 1 N–H and O–H groups in total. The summed E-state index contributed by atoms with van der Waals surface area (Å²) < 4.78 is 4.53. The van der Waals surface area contributed by atoms with Crippen LogP contribution in [0.25, 0.3) is 10.3 Å². The number of hydrogen-bond donors (Lipinski definition) is 1. The Bertz CT molecular complexity index is 419. The number of rotatable bonds is 1. The van der Waals surface area contributed by atoms with E-state index in [4.69, 9.17) is 0 Å². The zero-order valence-corrected chi connectivity index (χ0v) is 7.01. The van der Waals surface area contributed by atoms with E-state index < -0.39 is 5.97 Å². The molecule has 0 bridgehead atoms. The van der Waals surface area contributed by atoms with Gasteiger partial charge in [-0.1, -0.05) is 0 Å². The fraction of sp³-hybridized carbons (Fsp3) is 0.167. The van der Waals surface area contributed by atoms with Crippen LogP contribution in [0.2, 0.25) is 0 Å². The van der Waals surface area contributed by atoms with Crippen molar-refractivity contribution >= 4 is 27.7 Å². The molecule has 0 aromatic carbocycles. The Morgan fingerprint density at radius 3 is 3.33 bits per heavy atom. The van der Waals surface area contributed by atoms with Crippen molar-refractivity contribution in [2.45, 2.75) is 0 Å². The number of nitrogens with one attached hydrogen (secondary N) is 1. The van der Waals surface area contributed by atoms with Gasteiger partial charge in [0.1, 0.15) is 5.52 Å². The van der Waals surface area contributed by atoms with Crippen molar-refractivity contribution in [1.82, 2.24) is 15.2 Å². The van der Waals surface area contributed by atoms with Crippen LogP contribution >= 0.6 is 11.3 Å². The van der Waals surface area contributed by atoms with Crippen LogP contribution < -0.4 is 0 Å². The lowest BCUT2D eigenvalue weighted by Gasteiger charge is -1.91. The molecule has 0 spiro atoms. The zero-order chi connectivity index (χ0) is 8.55. The first kappa shape index (κ1) is 7.23. The van der Waals surface area contributed by atoms with Gasteiger partial charge in [-0.15, -0.1) is 11.3 Å². The van der Waals surface area contributed by atoms with Crippen molar-refractivity contribution in [2.24, 2.45) is 0 Å². The van der Waals surface area contributed by atoms with Gasteiger partial charge in [-0.25, -0.2) is 9.78 Å². The van der Waals surface area contributed by atoms with E-state index in [0.29, 0.717) is 11.2 Å². The van der Waals surface area contributed by atoms with Gasteiger partial charge in [0.2, 0.25) is 0 Å². The summed E-state index contributed by atoms with van der Waals surface area (Å²) in [5, 5.41) is 6.45. The molecule has 0 fully saturated rings. The normalized spacial score (nSPS) is 10.4. The van der Waals surface area contributed by atoms with E-state index in [2.05, 4.69) is 19.9 Å². The highest BCUT2D eigenvalue weighted by atomic mass is 32.1. The summed E-state index contributed by atoms with van der Waals surface area (Å²) in [5.74, 6) is -0.441. The van der Waals surface area contributed by atoms with Gasteiger partial charge >= 0.3 is 5.97 Å². The molecule has 2 aromatic rings. The van der Waals surface area contributed by atoms with Crippen LogP contribution in [-0.4, -0.2) is 28.3 Å². The summed E-state index contributed by atoms with van der Waals surface area (Å²) >= 11 is 1.37. The maximum atomic E-state index is 11.1. The predicted octanol–water partition coefficient (Wildman–Crippen LogP) is 0.806. The van der Waals surface area contributed by atoms with Crippen LogP contribution in [0.1, 0.15) is 10.5 Å². The van der Waals surface area contributed by atoms with Gasteiger partial charge in [-0.05, 0) is 0 Å². The number of esters is 1. The van der Waals surface area contributed by atoms with Gasteiger partial charge in [-0.2, -0.15) is 5.10 Å².